The molecule has 0 aliphatic heterocycles. The van der Waals surface area contributed by atoms with E-state index in [1.807, 2.05) is 18.2 Å². The molecule has 2 aromatic heterocycles. The Morgan fingerprint density at radius 1 is 1.21 bits per heavy atom. The first-order chi connectivity index (χ1) is 9.28. The largest absolute Gasteiger partial charge is 0.442 e. The number of benzene rings is 1. The molecule has 0 fully saturated rings. The monoisotopic (exact) mass is 252 g/mol. The fourth-order valence-corrected chi connectivity index (χ4v) is 1.68. The predicted octanol–water partition coefficient (Wildman–Crippen LogP) is 2.47. The van der Waals surface area contributed by atoms with Crippen molar-refractivity contribution in [1.29, 1.82) is 5.26 Å². The lowest BCUT2D eigenvalue weighted by molar-refractivity contribution is 0.448. The van der Waals surface area contributed by atoms with E-state index in [2.05, 4.69) is 9.97 Å². The summed E-state index contributed by atoms with van der Waals surface area (Å²) in [6.45, 7) is 0. The van der Waals surface area contributed by atoms with Crippen LogP contribution in [0.2, 0.25) is 0 Å². The molecule has 3 aromatic rings. The Labute approximate surface area is 108 Å². The molecule has 0 atom stereocenters. The smallest absolute Gasteiger partial charge is 0.247 e. The normalized spacial score (nSPS) is 10.3. The van der Waals surface area contributed by atoms with E-state index in [9.17, 15) is 0 Å². The number of ether oxygens (including phenoxy) is 1. The van der Waals surface area contributed by atoms with E-state index in [1.165, 1.54) is 12.4 Å². The van der Waals surface area contributed by atoms with Crippen molar-refractivity contribution < 1.29 is 9.15 Å². The summed E-state index contributed by atoms with van der Waals surface area (Å²) in [5.41, 5.74) is 6.03. The SMILES string of the molecule is N#Cc1oc2ccccc2c1Oc1cnc(N)cn1. The molecule has 1 aromatic carbocycles. The molecule has 0 radical (unpaired) electrons. The molecule has 19 heavy (non-hydrogen) atoms. The molecule has 92 valence electrons. The summed E-state index contributed by atoms with van der Waals surface area (Å²) in [5.74, 6) is 0.971. The number of rotatable bonds is 2. The van der Waals surface area contributed by atoms with E-state index < -0.39 is 0 Å². The minimum atomic E-state index is 0.0971. The maximum Gasteiger partial charge on any atom is 0.247 e. The van der Waals surface area contributed by atoms with Crippen LogP contribution in [0.15, 0.2) is 41.1 Å². The highest BCUT2D eigenvalue weighted by Crippen LogP contribution is 2.34. The van der Waals surface area contributed by atoms with Crippen LogP contribution in [0.4, 0.5) is 5.82 Å². The third-order valence-corrected chi connectivity index (χ3v) is 2.51. The lowest BCUT2D eigenvalue weighted by atomic mass is 10.2. The van der Waals surface area contributed by atoms with Crippen LogP contribution < -0.4 is 10.5 Å². The van der Waals surface area contributed by atoms with Crippen LogP contribution >= 0.6 is 0 Å². The Kier molecular flexibility index (Phi) is 2.50. The van der Waals surface area contributed by atoms with Crippen molar-refractivity contribution in [2.45, 2.75) is 0 Å². The highest BCUT2D eigenvalue weighted by Gasteiger charge is 2.16. The minimum Gasteiger partial charge on any atom is -0.442 e. The molecular formula is C13H8N4O2. The van der Waals surface area contributed by atoms with Gasteiger partial charge in [-0.15, -0.1) is 0 Å². The van der Waals surface area contributed by atoms with Crippen molar-refractivity contribution >= 4 is 16.8 Å². The van der Waals surface area contributed by atoms with Crippen LogP contribution in [0.3, 0.4) is 0 Å². The number of nitrogens with zero attached hydrogens (tertiary/aromatic N) is 3. The van der Waals surface area contributed by atoms with Crippen LogP contribution in [0.1, 0.15) is 5.76 Å². The highest BCUT2D eigenvalue weighted by atomic mass is 16.5. The van der Waals surface area contributed by atoms with Crippen molar-refractivity contribution in [3.8, 4) is 17.7 Å². The van der Waals surface area contributed by atoms with Gasteiger partial charge in [0.2, 0.25) is 11.6 Å². The fraction of sp³-hybridized carbons (Fsp3) is 0. The molecular weight excluding hydrogens is 244 g/mol. The summed E-state index contributed by atoms with van der Waals surface area (Å²) in [7, 11) is 0. The molecule has 2 heterocycles. The number of fused-ring (bicyclic) bond motifs is 1. The van der Waals surface area contributed by atoms with Gasteiger partial charge in [0.1, 0.15) is 17.5 Å². The summed E-state index contributed by atoms with van der Waals surface area (Å²) in [4.78, 5) is 7.85. The lowest BCUT2D eigenvalue weighted by Gasteiger charge is -2.02. The third-order valence-electron chi connectivity index (χ3n) is 2.51. The Bertz CT molecular complexity index is 771. The Hall–Kier alpha value is -3.07. The lowest BCUT2D eigenvalue weighted by Crippen LogP contribution is -1.94. The first-order valence-electron chi connectivity index (χ1n) is 5.45. The van der Waals surface area contributed by atoms with Crippen LogP contribution in [0.5, 0.6) is 11.6 Å². The molecule has 0 saturated heterocycles. The van der Waals surface area contributed by atoms with Crippen molar-refractivity contribution in [3.63, 3.8) is 0 Å². The summed E-state index contributed by atoms with van der Waals surface area (Å²) in [6, 6.07) is 9.17. The summed E-state index contributed by atoms with van der Waals surface area (Å²) in [5, 5.41) is 9.77. The second-order valence-corrected chi connectivity index (χ2v) is 3.75. The van der Waals surface area contributed by atoms with Crippen molar-refractivity contribution in [1.82, 2.24) is 9.97 Å². The average Bonchev–Trinajstić information content (AvgIpc) is 2.79. The van der Waals surface area contributed by atoms with Crippen molar-refractivity contribution in [2.24, 2.45) is 0 Å². The zero-order chi connectivity index (χ0) is 13.2. The van der Waals surface area contributed by atoms with Crippen molar-refractivity contribution in [3.05, 3.63) is 42.4 Å². The topological polar surface area (TPSA) is 98.0 Å². The summed E-state index contributed by atoms with van der Waals surface area (Å²) < 4.78 is 10.9. The maximum absolute atomic E-state index is 9.06. The second-order valence-electron chi connectivity index (χ2n) is 3.75. The quantitative estimate of drug-likeness (QED) is 0.752. The number of nitrogens with two attached hydrogens (primary N) is 1. The van der Waals surface area contributed by atoms with Gasteiger partial charge in [0.25, 0.3) is 0 Å². The van der Waals surface area contributed by atoms with Crippen LogP contribution in [0, 0.1) is 11.3 Å². The third kappa shape index (κ3) is 1.93. The van der Waals surface area contributed by atoms with Gasteiger partial charge in [0.15, 0.2) is 5.75 Å². The number of nitriles is 1. The molecule has 3 rings (SSSR count). The van der Waals surface area contributed by atoms with Gasteiger partial charge in [-0.1, -0.05) is 12.1 Å². The molecule has 0 bridgehead atoms. The number of aromatic nitrogens is 2. The van der Waals surface area contributed by atoms with Gasteiger partial charge >= 0.3 is 0 Å². The first kappa shape index (κ1) is 11.0. The van der Waals surface area contributed by atoms with Gasteiger partial charge in [-0.05, 0) is 12.1 Å². The molecule has 0 aliphatic rings. The second kappa shape index (κ2) is 4.31. The van der Waals surface area contributed by atoms with Gasteiger partial charge in [-0.2, -0.15) is 5.26 Å². The fourth-order valence-electron chi connectivity index (χ4n) is 1.68. The van der Waals surface area contributed by atoms with E-state index in [0.29, 0.717) is 22.5 Å². The van der Waals surface area contributed by atoms with E-state index in [0.717, 1.165) is 0 Å². The number of para-hydroxylation sites is 1. The molecule has 0 unspecified atom stereocenters. The van der Waals surface area contributed by atoms with Gasteiger partial charge < -0.3 is 14.9 Å². The van der Waals surface area contributed by atoms with Crippen LogP contribution in [-0.2, 0) is 0 Å². The van der Waals surface area contributed by atoms with E-state index in [1.54, 1.807) is 12.1 Å². The van der Waals surface area contributed by atoms with Crippen LogP contribution in [-0.4, -0.2) is 9.97 Å². The zero-order valence-corrected chi connectivity index (χ0v) is 9.70. The Balaban J connectivity index is 2.09. The van der Waals surface area contributed by atoms with Gasteiger partial charge in [-0.25, -0.2) is 9.97 Å². The number of hydrogen-bond acceptors (Lipinski definition) is 6. The minimum absolute atomic E-state index is 0.0971. The number of nitrogen functional groups attached to an aromatic ring is 1. The van der Waals surface area contributed by atoms with E-state index in [4.69, 9.17) is 20.1 Å². The molecule has 0 saturated carbocycles. The van der Waals surface area contributed by atoms with Crippen molar-refractivity contribution in [2.75, 3.05) is 5.73 Å². The molecule has 0 aliphatic carbocycles. The Morgan fingerprint density at radius 2 is 2.05 bits per heavy atom. The number of furan rings is 1. The van der Waals surface area contributed by atoms with Gasteiger partial charge in [0, 0.05) is 0 Å². The molecule has 6 heteroatoms. The molecule has 6 nitrogen and oxygen atoms in total. The maximum atomic E-state index is 9.06. The molecule has 0 amide bonds. The van der Waals surface area contributed by atoms with E-state index in [-0.39, 0.29) is 11.6 Å². The standard InChI is InChI=1S/C13H8N4O2/c14-5-10-13(8-3-1-2-4-9(8)18-10)19-12-7-16-11(15)6-17-12/h1-4,6-7H,(H2,15,16). The summed E-state index contributed by atoms with van der Waals surface area (Å²) in [6.07, 6.45) is 2.77. The average molecular weight is 252 g/mol. The highest BCUT2D eigenvalue weighted by molar-refractivity contribution is 5.86. The number of anilines is 1. The van der Waals surface area contributed by atoms with E-state index >= 15 is 0 Å². The number of hydrogen-bond donors (Lipinski definition) is 1. The first-order valence-corrected chi connectivity index (χ1v) is 5.45. The van der Waals surface area contributed by atoms with Crippen LogP contribution in [0.25, 0.3) is 11.0 Å². The van der Waals surface area contributed by atoms with Gasteiger partial charge in [-0.3, -0.25) is 0 Å². The zero-order valence-electron chi connectivity index (χ0n) is 9.70. The molecule has 2 N–H and O–H groups in total. The molecule has 0 spiro atoms. The predicted molar refractivity (Wildman–Crippen MR) is 67.4 cm³/mol. The summed E-state index contributed by atoms with van der Waals surface area (Å²) >= 11 is 0. The Morgan fingerprint density at radius 3 is 2.79 bits per heavy atom. The van der Waals surface area contributed by atoms with Gasteiger partial charge in [0.05, 0.1) is 17.8 Å².